The summed E-state index contributed by atoms with van der Waals surface area (Å²) in [5, 5.41) is 13.4. The normalized spacial score (nSPS) is 11.0. The van der Waals surface area contributed by atoms with Gasteiger partial charge in [-0.25, -0.2) is 0 Å². The van der Waals surface area contributed by atoms with E-state index in [4.69, 9.17) is 55.9 Å². The van der Waals surface area contributed by atoms with Crippen LogP contribution in [-0.4, -0.2) is 12.5 Å². The molecule has 0 radical (unpaired) electrons. The number of hydrogen-bond donors (Lipinski definition) is 1. The van der Waals surface area contributed by atoms with Crippen LogP contribution in [0.2, 0.25) is 20.1 Å². The highest BCUT2D eigenvalue weighted by Gasteiger charge is 2.17. The SMILES string of the molecule is CCOc1cc(/C=C(\C#N)C(=O)Nc2c(Cl)cccc2Cl)cc(Cl)c1OCc1ccccc1Cl. The molecule has 5 nitrogen and oxygen atoms in total. The molecular weight excluding hydrogens is 518 g/mol. The van der Waals surface area contributed by atoms with Crippen molar-refractivity contribution in [1.29, 1.82) is 5.26 Å². The number of anilines is 1. The summed E-state index contributed by atoms with van der Waals surface area (Å²) in [4.78, 5) is 12.7. The summed E-state index contributed by atoms with van der Waals surface area (Å²) in [6.45, 7) is 2.34. The second-order valence-electron chi connectivity index (χ2n) is 6.86. The van der Waals surface area contributed by atoms with Crippen LogP contribution in [0.5, 0.6) is 11.5 Å². The second-order valence-corrected chi connectivity index (χ2v) is 8.49. The first-order chi connectivity index (χ1) is 16.3. The largest absolute Gasteiger partial charge is 0.490 e. The Morgan fingerprint density at radius 3 is 2.29 bits per heavy atom. The Bertz CT molecular complexity index is 1270. The molecule has 0 atom stereocenters. The van der Waals surface area contributed by atoms with Crippen molar-refractivity contribution in [1.82, 2.24) is 0 Å². The second kappa shape index (κ2) is 12.0. The van der Waals surface area contributed by atoms with Crippen molar-refractivity contribution in [2.45, 2.75) is 13.5 Å². The van der Waals surface area contributed by atoms with Gasteiger partial charge in [-0.2, -0.15) is 5.26 Å². The van der Waals surface area contributed by atoms with Crippen LogP contribution in [0.25, 0.3) is 6.08 Å². The van der Waals surface area contributed by atoms with Gasteiger partial charge in [0.1, 0.15) is 18.2 Å². The van der Waals surface area contributed by atoms with Crippen molar-refractivity contribution in [2.24, 2.45) is 0 Å². The average molecular weight is 536 g/mol. The van der Waals surface area contributed by atoms with Gasteiger partial charge in [0.25, 0.3) is 5.91 Å². The summed E-state index contributed by atoms with van der Waals surface area (Å²) in [6, 6.07) is 17.2. The van der Waals surface area contributed by atoms with Gasteiger partial charge >= 0.3 is 0 Å². The lowest BCUT2D eigenvalue weighted by Crippen LogP contribution is -2.14. The molecule has 34 heavy (non-hydrogen) atoms. The number of carbonyl (C=O) groups excluding carboxylic acids is 1. The van der Waals surface area contributed by atoms with Gasteiger partial charge in [-0.1, -0.05) is 70.7 Å². The Morgan fingerprint density at radius 2 is 1.65 bits per heavy atom. The molecule has 0 saturated carbocycles. The zero-order chi connectivity index (χ0) is 24.7. The van der Waals surface area contributed by atoms with Crippen LogP contribution in [0, 0.1) is 11.3 Å². The van der Waals surface area contributed by atoms with Gasteiger partial charge < -0.3 is 14.8 Å². The lowest BCUT2D eigenvalue weighted by atomic mass is 10.1. The Labute approximate surface area is 217 Å². The number of para-hydroxylation sites is 1. The predicted octanol–water partition coefficient (Wildman–Crippen LogP) is 7.82. The summed E-state index contributed by atoms with van der Waals surface area (Å²) in [6.07, 6.45) is 1.38. The Morgan fingerprint density at radius 1 is 0.971 bits per heavy atom. The number of rotatable bonds is 8. The zero-order valence-corrected chi connectivity index (χ0v) is 20.9. The van der Waals surface area contributed by atoms with Crippen LogP contribution in [0.4, 0.5) is 5.69 Å². The summed E-state index contributed by atoms with van der Waals surface area (Å²) in [5.74, 6) is 0.0113. The monoisotopic (exact) mass is 534 g/mol. The third-order valence-corrected chi connectivity index (χ3v) is 5.82. The standard InChI is InChI=1S/C25H18Cl4N2O3/c1-2-33-22-12-15(11-21(29)24(22)34-14-16-6-3-4-7-18(16)26)10-17(13-30)25(32)31-23-19(27)8-5-9-20(23)28/h3-12H,2,14H2,1H3,(H,31,32)/b17-10+. The number of nitriles is 1. The van der Waals surface area contributed by atoms with Gasteiger partial charge in [0.2, 0.25) is 0 Å². The Kier molecular flexibility index (Phi) is 9.09. The van der Waals surface area contributed by atoms with Crippen molar-refractivity contribution in [3.8, 4) is 17.6 Å². The molecule has 0 fully saturated rings. The van der Waals surface area contributed by atoms with E-state index in [-0.39, 0.29) is 32.9 Å². The van der Waals surface area contributed by atoms with Crippen LogP contribution in [0.3, 0.4) is 0 Å². The van der Waals surface area contributed by atoms with Crippen molar-refractivity contribution in [2.75, 3.05) is 11.9 Å². The number of carbonyl (C=O) groups is 1. The van der Waals surface area contributed by atoms with E-state index in [0.717, 1.165) is 5.56 Å². The van der Waals surface area contributed by atoms with Crippen LogP contribution >= 0.6 is 46.4 Å². The summed E-state index contributed by atoms with van der Waals surface area (Å²) < 4.78 is 11.6. The van der Waals surface area contributed by atoms with Crippen molar-refractivity contribution < 1.29 is 14.3 Å². The lowest BCUT2D eigenvalue weighted by molar-refractivity contribution is -0.112. The first kappa shape index (κ1) is 25.7. The third kappa shape index (κ3) is 6.37. The fourth-order valence-electron chi connectivity index (χ4n) is 2.95. The molecule has 0 aromatic heterocycles. The van der Waals surface area contributed by atoms with Crippen LogP contribution in [-0.2, 0) is 11.4 Å². The molecule has 1 N–H and O–H groups in total. The molecule has 0 heterocycles. The number of benzene rings is 3. The highest BCUT2D eigenvalue weighted by Crippen LogP contribution is 2.38. The van der Waals surface area contributed by atoms with E-state index in [9.17, 15) is 10.1 Å². The van der Waals surface area contributed by atoms with Crippen molar-refractivity contribution in [3.63, 3.8) is 0 Å². The fraction of sp³-hybridized carbons (Fsp3) is 0.120. The topological polar surface area (TPSA) is 71.3 Å². The van der Waals surface area contributed by atoms with Gasteiger partial charge in [0.05, 0.1) is 27.4 Å². The molecule has 0 bridgehead atoms. The minimum atomic E-state index is -0.675. The summed E-state index contributed by atoms with van der Waals surface area (Å²) in [5.41, 5.74) is 1.29. The summed E-state index contributed by atoms with van der Waals surface area (Å²) >= 11 is 24.9. The highest BCUT2D eigenvalue weighted by atomic mass is 35.5. The molecule has 0 unspecified atom stereocenters. The van der Waals surface area contributed by atoms with E-state index in [0.29, 0.717) is 28.7 Å². The molecule has 0 spiro atoms. The van der Waals surface area contributed by atoms with Gasteiger partial charge in [-0.3, -0.25) is 4.79 Å². The molecular formula is C25H18Cl4N2O3. The maximum Gasteiger partial charge on any atom is 0.266 e. The van der Waals surface area contributed by atoms with E-state index in [2.05, 4.69) is 5.32 Å². The zero-order valence-electron chi connectivity index (χ0n) is 17.9. The van der Waals surface area contributed by atoms with Gasteiger partial charge in [0, 0.05) is 10.6 Å². The van der Waals surface area contributed by atoms with E-state index in [1.54, 1.807) is 36.4 Å². The number of nitrogens with zero attached hydrogens (tertiary/aromatic N) is 1. The molecule has 0 aliphatic rings. The maximum atomic E-state index is 12.7. The van der Waals surface area contributed by atoms with E-state index < -0.39 is 5.91 Å². The van der Waals surface area contributed by atoms with Gasteiger partial charge in [-0.05, 0) is 48.9 Å². The van der Waals surface area contributed by atoms with E-state index >= 15 is 0 Å². The number of ether oxygens (including phenoxy) is 2. The molecule has 3 rings (SSSR count). The molecule has 0 aliphatic carbocycles. The van der Waals surface area contributed by atoms with Crippen LogP contribution in [0.15, 0.2) is 60.2 Å². The van der Waals surface area contributed by atoms with Crippen LogP contribution < -0.4 is 14.8 Å². The van der Waals surface area contributed by atoms with Crippen molar-refractivity contribution in [3.05, 3.63) is 91.4 Å². The minimum absolute atomic E-state index is 0.180. The summed E-state index contributed by atoms with van der Waals surface area (Å²) in [7, 11) is 0. The molecule has 1 amide bonds. The Hall–Kier alpha value is -2.88. The predicted molar refractivity (Wildman–Crippen MR) is 137 cm³/mol. The molecule has 0 saturated heterocycles. The quantitative estimate of drug-likeness (QED) is 0.235. The van der Waals surface area contributed by atoms with Crippen molar-refractivity contribution >= 4 is 64.1 Å². The van der Waals surface area contributed by atoms with Crippen LogP contribution in [0.1, 0.15) is 18.1 Å². The number of amides is 1. The molecule has 3 aromatic rings. The van der Waals surface area contributed by atoms with E-state index in [1.165, 1.54) is 6.08 Å². The van der Waals surface area contributed by atoms with Gasteiger partial charge in [-0.15, -0.1) is 0 Å². The first-order valence-electron chi connectivity index (χ1n) is 10.0. The van der Waals surface area contributed by atoms with Gasteiger partial charge in [0.15, 0.2) is 11.5 Å². The third-order valence-electron chi connectivity index (χ3n) is 4.54. The number of nitrogens with one attached hydrogen (secondary N) is 1. The highest BCUT2D eigenvalue weighted by molar-refractivity contribution is 6.40. The molecule has 3 aromatic carbocycles. The number of hydrogen-bond acceptors (Lipinski definition) is 4. The van der Waals surface area contributed by atoms with E-state index in [1.807, 2.05) is 31.2 Å². The average Bonchev–Trinajstić information content (AvgIpc) is 2.80. The lowest BCUT2D eigenvalue weighted by Gasteiger charge is -2.15. The molecule has 9 heteroatoms. The number of halogens is 4. The first-order valence-corrected chi connectivity index (χ1v) is 11.5. The molecule has 0 aliphatic heterocycles. The molecule has 174 valence electrons. The minimum Gasteiger partial charge on any atom is -0.490 e. The maximum absolute atomic E-state index is 12.7. The smallest absolute Gasteiger partial charge is 0.266 e. The Balaban J connectivity index is 1.88. The fourth-order valence-corrected chi connectivity index (χ4v) is 3.91.